The molecule has 3 rings (SSSR count). The highest BCUT2D eigenvalue weighted by atomic mass is 32.1. The molecule has 0 saturated carbocycles. The topological polar surface area (TPSA) is 57.7 Å². The molecule has 3 heterocycles. The standard InChI is InChI=1S/C13H13N2O3S/c1-2-14-11(16)4-3-10(13(14)18)15-5-8-6-19-7-9(8)12(15)17/h6-7,10H,1-5H2. The number of amides is 3. The number of hydrogen-bond acceptors (Lipinski definition) is 4. The van der Waals surface area contributed by atoms with Crippen molar-refractivity contribution < 1.29 is 14.4 Å². The van der Waals surface area contributed by atoms with Crippen LogP contribution in [-0.4, -0.2) is 40.1 Å². The Labute approximate surface area is 114 Å². The van der Waals surface area contributed by atoms with E-state index in [1.165, 1.54) is 11.3 Å². The van der Waals surface area contributed by atoms with Gasteiger partial charge in [-0.2, -0.15) is 11.3 Å². The summed E-state index contributed by atoms with van der Waals surface area (Å²) in [6.45, 7) is 4.19. The second-order valence-electron chi connectivity index (χ2n) is 4.68. The summed E-state index contributed by atoms with van der Waals surface area (Å²) in [5.74, 6) is -0.599. The molecule has 2 aliphatic rings. The second kappa shape index (κ2) is 4.45. The highest BCUT2D eigenvalue weighted by Gasteiger charge is 2.42. The third kappa shape index (κ3) is 1.78. The number of rotatable bonds is 2. The number of imide groups is 1. The third-order valence-corrected chi connectivity index (χ3v) is 4.45. The van der Waals surface area contributed by atoms with Crippen molar-refractivity contribution in [3.05, 3.63) is 28.8 Å². The third-order valence-electron chi connectivity index (χ3n) is 3.66. The zero-order valence-electron chi connectivity index (χ0n) is 10.3. The van der Waals surface area contributed by atoms with Crippen LogP contribution in [0.25, 0.3) is 0 Å². The van der Waals surface area contributed by atoms with Gasteiger partial charge in [0.25, 0.3) is 11.8 Å². The first-order valence-electron chi connectivity index (χ1n) is 6.13. The Bertz CT molecular complexity index is 566. The molecular formula is C13H13N2O3S. The molecule has 6 heteroatoms. The van der Waals surface area contributed by atoms with E-state index in [-0.39, 0.29) is 24.3 Å². The van der Waals surface area contributed by atoms with Crippen molar-refractivity contribution in [2.75, 3.05) is 6.54 Å². The maximum atomic E-state index is 12.2. The molecule has 1 radical (unpaired) electrons. The molecule has 1 unspecified atom stereocenters. The van der Waals surface area contributed by atoms with E-state index in [1.807, 2.05) is 10.8 Å². The fraction of sp³-hybridized carbons (Fsp3) is 0.385. The van der Waals surface area contributed by atoms with Crippen LogP contribution >= 0.6 is 11.3 Å². The molecule has 0 bridgehead atoms. The van der Waals surface area contributed by atoms with E-state index in [1.54, 1.807) is 4.90 Å². The van der Waals surface area contributed by atoms with Crippen LogP contribution in [0.15, 0.2) is 10.8 Å². The summed E-state index contributed by atoms with van der Waals surface area (Å²) in [6, 6.07) is -0.524. The van der Waals surface area contributed by atoms with Gasteiger partial charge in [-0.15, -0.1) is 0 Å². The Hall–Kier alpha value is -1.69. The quantitative estimate of drug-likeness (QED) is 0.759. The van der Waals surface area contributed by atoms with Crippen LogP contribution in [-0.2, 0) is 16.1 Å². The number of likely N-dealkylation sites (tertiary alicyclic amines) is 1. The number of hydrogen-bond donors (Lipinski definition) is 0. The monoisotopic (exact) mass is 277 g/mol. The minimum Gasteiger partial charge on any atom is -0.322 e. The van der Waals surface area contributed by atoms with Gasteiger partial charge >= 0.3 is 0 Å². The maximum Gasteiger partial charge on any atom is 0.256 e. The van der Waals surface area contributed by atoms with E-state index >= 15 is 0 Å². The van der Waals surface area contributed by atoms with Gasteiger partial charge in [0.15, 0.2) is 0 Å². The summed E-state index contributed by atoms with van der Waals surface area (Å²) in [6.07, 6.45) is 0.705. The summed E-state index contributed by atoms with van der Waals surface area (Å²) >= 11 is 1.49. The molecule has 1 saturated heterocycles. The van der Waals surface area contributed by atoms with Gasteiger partial charge in [-0.25, -0.2) is 0 Å². The normalized spacial score (nSPS) is 23.2. The number of carbonyl (C=O) groups excluding carboxylic acids is 3. The number of nitrogens with zero attached hydrogens (tertiary/aromatic N) is 2. The van der Waals surface area contributed by atoms with E-state index in [0.29, 0.717) is 24.9 Å². The Morgan fingerprint density at radius 1 is 1.32 bits per heavy atom. The second-order valence-corrected chi connectivity index (χ2v) is 5.43. The van der Waals surface area contributed by atoms with Crippen molar-refractivity contribution in [1.82, 2.24) is 9.80 Å². The molecule has 1 aromatic heterocycles. The first kappa shape index (κ1) is 12.3. The van der Waals surface area contributed by atoms with Gasteiger partial charge in [-0.1, -0.05) is 0 Å². The van der Waals surface area contributed by atoms with Gasteiger partial charge < -0.3 is 4.90 Å². The average Bonchev–Trinajstić information content (AvgIpc) is 2.94. The highest BCUT2D eigenvalue weighted by molar-refractivity contribution is 7.08. The minimum atomic E-state index is -0.524. The lowest BCUT2D eigenvalue weighted by Crippen LogP contribution is -2.54. The van der Waals surface area contributed by atoms with Crippen LogP contribution in [0.5, 0.6) is 0 Å². The highest BCUT2D eigenvalue weighted by Crippen LogP contribution is 2.30. The molecule has 0 aliphatic carbocycles. The van der Waals surface area contributed by atoms with Crippen LogP contribution in [0, 0.1) is 6.92 Å². The first-order valence-corrected chi connectivity index (χ1v) is 7.07. The summed E-state index contributed by atoms with van der Waals surface area (Å²) in [7, 11) is 0. The van der Waals surface area contributed by atoms with Gasteiger partial charge in [-0.05, 0) is 24.3 Å². The van der Waals surface area contributed by atoms with Crippen molar-refractivity contribution in [1.29, 1.82) is 0 Å². The van der Waals surface area contributed by atoms with E-state index in [2.05, 4.69) is 6.92 Å². The summed E-state index contributed by atoms with van der Waals surface area (Å²) in [4.78, 5) is 38.8. The van der Waals surface area contributed by atoms with Crippen molar-refractivity contribution in [2.45, 2.75) is 25.4 Å². The van der Waals surface area contributed by atoms with Crippen LogP contribution in [0.1, 0.15) is 28.8 Å². The Kier molecular flexibility index (Phi) is 2.89. The van der Waals surface area contributed by atoms with Crippen molar-refractivity contribution in [3.63, 3.8) is 0 Å². The fourth-order valence-corrected chi connectivity index (χ4v) is 3.46. The number of fused-ring (bicyclic) bond motifs is 1. The lowest BCUT2D eigenvalue weighted by atomic mass is 10.0. The van der Waals surface area contributed by atoms with Crippen molar-refractivity contribution in [3.8, 4) is 0 Å². The molecule has 1 atom stereocenters. The molecular weight excluding hydrogens is 264 g/mol. The molecule has 19 heavy (non-hydrogen) atoms. The Morgan fingerprint density at radius 2 is 2.11 bits per heavy atom. The SMILES string of the molecule is [CH2]CN1C(=O)CCC(N2Cc3cscc3C2=O)C1=O. The van der Waals surface area contributed by atoms with Crippen LogP contribution in [0.4, 0.5) is 0 Å². The number of piperidine rings is 1. The molecule has 0 aromatic carbocycles. The number of thiophene rings is 1. The van der Waals surface area contributed by atoms with E-state index in [9.17, 15) is 14.4 Å². The molecule has 1 aromatic rings. The maximum absolute atomic E-state index is 12.2. The Balaban J connectivity index is 1.84. The Morgan fingerprint density at radius 3 is 2.79 bits per heavy atom. The van der Waals surface area contributed by atoms with E-state index in [4.69, 9.17) is 0 Å². The van der Waals surface area contributed by atoms with E-state index < -0.39 is 6.04 Å². The lowest BCUT2D eigenvalue weighted by Gasteiger charge is -2.34. The molecule has 3 amide bonds. The van der Waals surface area contributed by atoms with Gasteiger partial charge in [0, 0.05) is 24.9 Å². The van der Waals surface area contributed by atoms with Gasteiger partial charge in [-0.3, -0.25) is 19.3 Å². The molecule has 2 aliphatic heterocycles. The molecule has 0 spiro atoms. The fourth-order valence-electron chi connectivity index (χ4n) is 2.64. The zero-order chi connectivity index (χ0) is 13.6. The summed E-state index contributed by atoms with van der Waals surface area (Å²) < 4.78 is 0. The predicted octanol–water partition coefficient (Wildman–Crippen LogP) is 1.06. The molecule has 0 N–H and O–H groups in total. The molecule has 99 valence electrons. The minimum absolute atomic E-state index is 0.104. The first-order chi connectivity index (χ1) is 9.13. The van der Waals surface area contributed by atoms with Gasteiger partial charge in [0.2, 0.25) is 5.91 Å². The van der Waals surface area contributed by atoms with Crippen LogP contribution in [0.2, 0.25) is 0 Å². The number of carbonyl (C=O) groups is 3. The average molecular weight is 277 g/mol. The predicted molar refractivity (Wildman–Crippen MR) is 69.3 cm³/mol. The van der Waals surface area contributed by atoms with Gasteiger partial charge in [0.1, 0.15) is 6.04 Å². The van der Waals surface area contributed by atoms with E-state index in [0.717, 1.165) is 10.5 Å². The van der Waals surface area contributed by atoms with Crippen LogP contribution < -0.4 is 0 Å². The largest absolute Gasteiger partial charge is 0.322 e. The molecule has 1 fully saturated rings. The summed E-state index contributed by atoms with van der Waals surface area (Å²) in [5, 5.41) is 3.75. The lowest BCUT2D eigenvalue weighted by molar-refractivity contribution is -0.151. The zero-order valence-corrected chi connectivity index (χ0v) is 11.1. The van der Waals surface area contributed by atoms with Gasteiger partial charge in [0.05, 0.1) is 5.56 Å². The van der Waals surface area contributed by atoms with Crippen LogP contribution in [0.3, 0.4) is 0 Å². The van der Waals surface area contributed by atoms with Crippen molar-refractivity contribution >= 4 is 29.1 Å². The molecule has 5 nitrogen and oxygen atoms in total. The summed E-state index contributed by atoms with van der Waals surface area (Å²) in [5.41, 5.74) is 1.66. The van der Waals surface area contributed by atoms with Crippen molar-refractivity contribution in [2.24, 2.45) is 0 Å². The smallest absolute Gasteiger partial charge is 0.256 e.